The van der Waals surface area contributed by atoms with E-state index in [4.69, 9.17) is 0 Å². The summed E-state index contributed by atoms with van der Waals surface area (Å²) in [6.07, 6.45) is 2.32. The van der Waals surface area contributed by atoms with Crippen molar-refractivity contribution in [1.29, 1.82) is 0 Å². The first-order valence-electron chi connectivity index (χ1n) is 8.81. The molecule has 0 bridgehead atoms. The molecule has 0 radical (unpaired) electrons. The van der Waals surface area contributed by atoms with Gasteiger partial charge in [-0.05, 0) is 37.1 Å². The normalized spacial score (nSPS) is 10.9. The Kier molecular flexibility index (Phi) is 5.83. The molecule has 7 heteroatoms. The molecule has 140 valence electrons. The number of aldehydes is 1. The zero-order valence-electron chi connectivity index (χ0n) is 14.8. The van der Waals surface area contributed by atoms with E-state index in [2.05, 4.69) is 10.3 Å². The minimum Gasteiger partial charge on any atom is -0.355 e. The smallest absolute Gasteiger partial charge is 0.265 e. The highest BCUT2D eigenvalue weighted by molar-refractivity contribution is 6.10. The highest BCUT2D eigenvalue weighted by Crippen LogP contribution is 2.25. The van der Waals surface area contributed by atoms with Crippen LogP contribution in [0.5, 0.6) is 0 Å². The van der Waals surface area contributed by atoms with Gasteiger partial charge in [-0.3, -0.25) is 14.8 Å². The number of aromatic nitrogens is 1. The number of para-hydroxylation sites is 1. The Morgan fingerprint density at radius 1 is 1.07 bits per heavy atom. The summed E-state index contributed by atoms with van der Waals surface area (Å²) >= 11 is 0. The van der Waals surface area contributed by atoms with E-state index in [1.54, 1.807) is 12.1 Å². The first-order valence-corrected chi connectivity index (χ1v) is 8.81. The lowest BCUT2D eigenvalue weighted by atomic mass is 10.1. The van der Waals surface area contributed by atoms with E-state index in [0.29, 0.717) is 29.9 Å². The number of hydrogen-bond donors (Lipinski definition) is 3. The number of hydrogen-bond acceptors (Lipinski definition) is 4. The summed E-state index contributed by atoms with van der Waals surface area (Å²) in [6.45, 7) is -0.168. The number of carbonyl (C=O) groups is 3. The van der Waals surface area contributed by atoms with Crippen LogP contribution in [0.25, 0.3) is 21.8 Å². The van der Waals surface area contributed by atoms with E-state index in [1.165, 1.54) is 0 Å². The first kappa shape index (κ1) is 18.6. The first-order chi connectivity index (χ1) is 13.1. The van der Waals surface area contributed by atoms with E-state index in [0.717, 1.165) is 28.1 Å². The van der Waals surface area contributed by atoms with Crippen molar-refractivity contribution in [2.24, 2.45) is 0 Å². The predicted molar refractivity (Wildman–Crippen MR) is 102 cm³/mol. The molecule has 0 saturated carbocycles. The van der Waals surface area contributed by atoms with E-state index >= 15 is 0 Å². The number of unbranched alkanes of at least 4 members (excludes halogenated alkanes) is 2. The van der Waals surface area contributed by atoms with Gasteiger partial charge in [-0.2, -0.15) is 0 Å². The van der Waals surface area contributed by atoms with Crippen molar-refractivity contribution in [3.63, 3.8) is 0 Å². The molecule has 1 heterocycles. The number of amides is 2. The fraction of sp³-hybridized carbons (Fsp3) is 0.250. The Bertz CT molecular complexity index is 980. The third-order valence-corrected chi connectivity index (χ3v) is 4.40. The van der Waals surface area contributed by atoms with Crippen molar-refractivity contribution >= 4 is 39.9 Å². The molecule has 27 heavy (non-hydrogen) atoms. The molecule has 7 nitrogen and oxygen atoms in total. The fourth-order valence-electron chi connectivity index (χ4n) is 2.95. The van der Waals surface area contributed by atoms with Gasteiger partial charge in [0, 0.05) is 40.3 Å². The van der Waals surface area contributed by atoms with E-state index < -0.39 is 5.91 Å². The molecule has 3 rings (SSSR count). The monoisotopic (exact) mass is 367 g/mol. The van der Waals surface area contributed by atoms with Crippen LogP contribution in [0.2, 0.25) is 0 Å². The van der Waals surface area contributed by atoms with E-state index in [-0.39, 0.29) is 19.0 Å². The number of carbonyl (C=O) groups excluding carboxylic acids is 3. The van der Waals surface area contributed by atoms with Gasteiger partial charge in [0.1, 0.15) is 6.29 Å². The Hall–Kier alpha value is -3.19. The van der Waals surface area contributed by atoms with Gasteiger partial charge in [0.2, 0.25) is 0 Å². The molecule has 2 aromatic carbocycles. The van der Waals surface area contributed by atoms with Crippen LogP contribution in [0.1, 0.15) is 29.6 Å². The lowest BCUT2D eigenvalue weighted by molar-refractivity contribution is -0.164. The van der Waals surface area contributed by atoms with Gasteiger partial charge in [-0.15, -0.1) is 0 Å². The summed E-state index contributed by atoms with van der Waals surface area (Å²) in [4.78, 5) is 37.8. The average Bonchev–Trinajstić information content (AvgIpc) is 3.06. The van der Waals surface area contributed by atoms with Crippen molar-refractivity contribution in [2.75, 3.05) is 13.1 Å². The van der Waals surface area contributed by atoms with Crippen LogP contribution in [0, 0.1) is 0 Å². The van der Waals surface area contributed by atoms with Gasteiger partial charge in [-0.25, -0.2) is 5.06 Å². The molecule has 0 atom stereocenters. The number of hydroxylamine groups is 2. The largest absolute Gasteiger partial charge is 0.355 e. The van der Waals surface area contributed by atoms with Crippen molar-refractivity contribution in [2.45, 2.75) is 19.3 Å². The van der Waals surface area contributed by atoms with E-state index in [9.17, 15) is 19.6 Å². The zero-order valence-corrected chi connectivity index (χ0v) is 14.8. The second-order valence-electron chi connectivity index (χ2n) is 6.29. The maximum absolute atomic E-state index is 12.4. The summed E-state index contributed by atoms with van der Waals surface area (Å²) in [5.74, 6) is -0.979. The van der Waals surface area contributed by atoms with Crippen LogP contribution in [0.4, 0.5) is 0 Å². The lowest BCUT2D eigenvalue weighted by Crippen LogP contribution is -2.38. The second kappa shape index (κ2) is 8.46. The number of aromatic amines is 1. The summed E-state index contributed by atoms with van der Waals surface area (Å²) in [5.41, 5.74) is 2.36. The molecule has 0 saturated heterocycles. The molecule has 0 aliphatic rings. The number of nitrogens with zero attached hydrogens (tertiary/aromatic N) is 1. The summed E-state index contributed by atoms with van der Waals surface area (Å²) in [6, 6.07) is 13.1. The molecule has 0 fully saturated rings. The van der Waals surface area contributed by atoms with Crippen molar-refractivity contribution in [3.8, 4) is 0 Å². The number of nitrogens with one attached hydrogen (secondary N) is 2. The maximum atomic E-state index is 12.4. The minimum atomic E-state index is -0.595. The summed E-state index contributed by atoms with van der Waals surface area (Å²) in [5, 5.41) is 14.7. The standard InChI is InChI=1S/C20H21N3O4/c24-11-5-1-4-10-23(27)19(25)13-21-20(26)14-8-9-18-16(12-14)15-6-2-3-7-17(15)22-18/h2-3,6-9,11-12,22,27H,1,4-5,10,13H2,(H,21,26). The molecular weight excluding hydrogens is 346 g/mol. The average molecular weight is 367 g/mol. The van der Waals surface area contributed by atoms with Gasteiger partial charge in [-0.1, -0.05) is 18.2 Å². The maximum Gasteiger partial charge on any atom is 0.265 e. The van der Waals surface area contributed by atoms with E-state index in [1.807, 2.05) is 30.3 Å². The van der Waals surface area contributed by atoms with Crippen LogP contribution < -0.4 is 5.32 Å². The Morgan fingerprint density at radius 3 is 2.67 bits per heavy atom. The molecule has 3 aromatic rings. The molecule has 0 aliphatic carbocycles. The lowest BCUT2D eigenvalue weighted by Gasteiger charge is -2.15. The fourth-order valence-corrected chi connectivity index (χ4v) is 2.95. The molecule has 3 N–H and O–H groups in total. The second-order valence-corrected chi connectivity index (χ2v) is 6.29. The van der Waals surface area contributed by atoms with Crippen LogP contribution in [0.15, 0.2) is 42.5 Å². The van der Waals surface area contributed by atoms with Crippen molar-refractivity contribution in [1.82, 2.24) is 15.4 Å². The molecule has 2 amide bonds. The number of benzene rings is 2. The number of fused-ring (bicyclic) bond motifs is 3. The van der Waals surface area contributed by atoms with Gasteiger partial charge in [0.15, 0.2) is 0 Å². The summed E-state index contributed by atoms with van der Waals surface area (Å²) < 4.78 is 0. The topological polar surface area (TPSA) is 102 Å². The molecule has 0 aliphatic heterocycles. The predicted octanol–water partition coefficient (Wildman–Crippen LogP) is 2.64. The van der Waals surface area contributed by atoms with Gasteiger partial charge in [0.05, 0.1) is 6.54 Å². The molecule has 0 spiro atoms. The quantitative estimate of drug-likeness (QED) is 0.246. The van der Waals surface area contributed by atoms with Crippen molar-refractivity contribution in [3.05, 3.63) is 48.0 Å². The van der Waals surface area contributed by atoms with Gasteiger partial charge < -0.3 is 15.1 Å². The van der Waals surface area contributed by atoms with Crippen LogP contribution in [0.3, 0.4) is 0 Å². The summed E-state index contributed by atoms with van der Waals surface area (Å²) in [7, 11) is 0. The van der Waals surface area contributed by atoms with Gasteiger partial charge in [0.25, 0.3) is 11.8 Å². The SMILES string of the molecule is O=CCCCCN(O)C(=O)CNC(=O)c1ccc2[nH]c3ccccc3c2c1. The Balaban J connectivity index is 1.61. The highest BCUT2D eigenvalue weighted by Gasteiger charge is 2.14. The molecule has 1 aromatic heterocycles. The van der Waals surface area contributed by atoms with Crippen molar-refractivity contribution < 1.29 is 19.6 Å². The minimum absolute atomic E-state index is 0.129. The molecule has 0 unspecified atom stereocenters. The zero-order chi connectivity index (χ0) is 19.2. The van der Waals surface area contributed by atoms with Crippen LogP contribution in [-0.2, 0) is 9.59 Å². The number of rotatable bonds is 8. The van der Waals surface area contributed by atoms with Crippen LogP contribution in [-0.4, -0.2) is 46.4 Å². The third kappa shape index (κ3) is 4.32. The Labute approximate surface area is 155 Å². The van der Waals surface area contributed by atoms with Gasteiger partial charge >= 0.3 is 0 Å². The number of H-pyrrole nitrogens is 1. The van der Waals surface area contributed by atoms with Crippen LogP contribution >= 0.6 is 0 Å². The third-order valence-electron chi connectivity index (χ3n) is 4.40. The highest BCUT2D eigenvalue weighted by atomic mass is 16.5. The molecular formula is C20H21N3O4. The Morgan fingerprint density at radius 2 is 1.85 bits per heavy atom.